The van der Waals surface area contributed by atoms with E-state index in [1.165, 1.54) is 16.8 Å². The number of hydrogen-bond donors (Lipinski definition) is 1. The summed E-state index contributed by atoms with van der Waals surface area (Å²) in [5.41, 5.74) is 5.92. The minimum Gasteiger partial charge on any atom is -0.374 e. The molecule has 2 aliphatic heterocycles. The Hall–Kier alpha value is -2.37. The molecule has 2 aromatic rings. The number of amides is 1. The van der Waals surface area contributed by atoms with Gasteiger partial charge in [0.05, 0.1) is 6.04 Å². The van der Waals surface area contributed by atoms with E-state index in [0.717, 1.165) is 50.3 Å². The van der Waals surface area contributed by atoms with Gasteiger partial charge in [0.2, 0.25) is 0 Å². The Balaban J connectivity index is 1.53. The maximum Gasteiger partial charge on any atom is 0.251 e. The number of anilines is 1. The van der Waals surface area contributed by atoms with Crippen molar-refractivity contribution in [1.29, 1.82) is 0 Å². The van der Waals surface area contributed by atoms with Crippen molar-refractivity contribution < 1.29 is 4.79 Å². The normalized spacial score (nSPS) is 18.5. The first-order chi connectivity index (χ1) is 14.0. The number of hydrogen-bond acceptors (Lipinski definition) is 4. The van der Waals surface area contributed by atoms with E-state index in [4.69, 9.17) is 0 Å². The molecule has 5 heteroatoms. The van der Waals surface area contributed by atoms with Crippen LogP contribution in [0.1, 0.15) is 33.1 Å². The highest BCUT2D eigenvalue weighted by Crippen LogP contribution is 2.31. The number of carbonyl (C=O) groups excluding carboxylic acids is 1. The number of aryl methyl sites for hydroxylation is 1. The molecule has 0 spiro atoms. The van der Waals surface area contributed by atoms with Gasteiger partial charge in [-0.25, -0.2) is 0 Å². The van der Waals surface area contributed by atoms with Gasteiger partial charge in [0, 0.05) is 57.6 Å². The van der Waals surface area contributed by atoms with Gasteiger partial charge in [-0.2, -0.15) is 0 Å². The molecule has 0 saturated carbocycles. The van der Waals surface area contributed by atoms with Crippen LogP contribution in [0.25, 0.3) is 0 Å². The molecular formula is C24H32N4O. The first-order valence-electron chi connectivity index (χ1n) is 10.6. The van der Waals surface area contributed by atoms with Gasteiger partial charge in [-0.15, -0.1) is 0 Å². The summed E-state index contributed by atoms with van der Waals surface area (Å²) in [5, 5.41) is 3.21. The summed E-state index contributed by atoms with van der Waals surface area (Å²) in [4.78, 5) is 20.0. The van der Waals surface area contributed by atoms with Gasteiger partial charge in [-0.05, 0) is 49.7 Å². The molecule has 2 aromatic carbocycles. The van der Waals surface area contributed by atoms with Crippen molar-refractivity contribution in [3.63, 3.8) is 0 Å². The van der Waals surface area contributed by atoms with E-state index in [1.807, 2.05) is 31.2 Å². The summed E-state index contributed by atoms with van der Waals surface area (Å²) in [6.45, 7) is 7.92. The van der Waals surface area contributed by atoms with Crippen LogP contribution in [0, 0.1) is 6.92 Å². The predicted molar refractivity (Wildman–Crippen MR) is 119 cm³/mol. The summed E-state index contributed by atoms with van der Waals surface area (Å²) in [5.74, 6) is 0.00807. The number of likely N-dealkylation sites (N-methyl/N-ethyl adjacent to an activating group) is 2. The first-order valence-corrected chi connectivity index (χ1v) is 10.6. The summed E-state index contributed by atoms with van der Waals surface area (Å²) < 4.78 is 0. The van der Waals surface area contributed by atoms with Crippen LogP contribution < -0.4 is 10.2 Å². The van der Waals surface area contributed by atoms with Crippen molar-refractivity contribution in [3.05, 3.63) is 64.7 Å². The Labute approximate surface area is 174 Å². The highest BCUT2D eigenvalue weighted by molar-refractivity contribution is 5.94. The molecule has 1 fully saturated rings. The molecule has 0 bridgehead atoms. The molecule has 154 valence electrons. The van der Waals surface area contributed by atoms with Crippen molar-refractivity contribution in [2.24, 2.45) is 0 Å². The second-order valence-corrected chi connectivity index (χ2v) is 8.49. The zero-order valence-electron chi connectivity index (χ0n) is 17.8. The lowest BCUT2D eigenvalue weighted by Crippen LogP contribution is -2.48. The summed E-state index contributed by atoms with van der Waals surface area (Å²) in [6.07, 6.45) is 1.10. The molecule has 29 heavy (non-hydrogen) atoms. The largest absolute Gasteiger partial charge is 0.374 e. The average molecular weight is 393 g/mol. The van der Waals surface area contributed by atoms with Gasteiger partial charge in [0.25, 0.3) is 5.91 Å². The predicted octanol–water partition coefficient (Wildman–Crippen LogP) is 2.71. The van der Waals surface area contributed by atoms with E-state index in [-0.39, 0.29) is 11.9 Å². The Morgan fingerprint density at radius 1 is 1.03 bits per heavy atom. The molecule has 1 saturated heterocycles. The molecule has 2 aliphatic rings. The number of carbonyl (C=O) groups is 1. The fourth-order valence-corrected chi connectivity index (χ4v) is 4.46. The van der Waals surface area contributed by atoms with E-state index in [1.54, 1.807) is 0 Å². The number of nitrogens with one attached hydrogen (secondary N) is 1. The van der Waals surface area contributed by atoms with Gasteiger partial charge < -0.3 is 15.1 Å². The minimum absolute atomic E-state index is 0.00807. The second kappa shape index (κ2) is 8.56. The van der Waals surface area contributed by atoms with Gasteiger partial charge in [-0.1, -0.05) is 29.8 Å². The average Bonchev–Trinajstić information content (AvgIpc) is 3.09. The van der Waals surface area contributed by atoms with Gasteiger partial charge in [0.1, 0.15) is 0 Å². The van der Waals surface area contributed by atoms with Crippen molar-refractivity contribution >= 4 is 11.6 Å². The van der Waals surface area contributed by atoms with E-state index >= 15 is 0 Å². The molecule has 4 rings (SSSR count). The standard InChI is InChI=1S/C24H32N4O/c1-18-5-4-6-21(15-18)24(29)25-17-23(28-13-11-26(2)12-14-28)19-7-8-22-20(16-19)9-10-27(22)3/h4-8,15-16,23H,9-14,17H2,1-3H3,(H,25,29)/t23-/m0/s1. The maximum absolute atomic E-state index is 12.8. The molecule has 1 atom stereocenters. The molecule has 1 amide bonds. The van der Waals surface area contributed by atoms with E-state index in [2.05, 4.69) is 52.3 Å². The first kappa shape index (κ1) is 19.9. The molecule has 0 unspecified atom stereocenters. The summed E-state index contributed by atoms with van der Waals surface area (Å²) >= 11 is 0. The van der Waals surface area contributed by atoms with Crippen LogP contribution in [0.4, 0.5) is 5.69 Å². The lowest BCUT2D eigenvalue weighted by atomic mass is 10.00. The Morgan fingerprint density at radius 2 is 1.83 bits per heavy atom. The van der Waals surface area contributed by atoms with Gasteiger partial charge >= 0.3 is 0 Å². The number of nitrogens with zero attached hydrogens (tertiary/aromatic N) is 3. The third-order valence-electron chi connectivity index (χ3n) is 6.33. The zero-order chi connectivity index (χ0) is 20.4. The van der Waals surface area contributed by atoms with E-state index < -0.39 is 0 Å². The monoisotopic (exact) mass is 392 g/mol. The van der Waals surface area contributed by atoms with Crippen molar-refractivity contribution in [1.82, 2.24) is 15.1 Å². The van der Waals surface area contributed by atoms with Gasteiger partial charge in [0.15, 0.2) is 0 Å². The third kappa shape index (κ3) is 4.46. The Bertz CT molecular complexity index is 873. The van der Waals surface area contributed by atoms with Crippen LogP contribution >= 0.6 is 0 Å². The highest BCUT2D eigenvalue weighted by atomic mass is 16.1. The number of benzene rings is 2. The van der Waals surface area contributed by atoms with E-state index in [0.29, 0.717) is 6.54 Å². The molecule has 5 nitrogen and oxygen atoms in total. The highest BCUT2D eigenvalue weighted by Gasteiger charge is 2.26. The minimum atomic E-state index is 0.00807. The summed E-state index contributed by atoms with van der Waals surface area (Å²) in [7, 11) is 4.34. The molecule has 0 aliphatic carbocycles. The number of fused-ring (bicyclic) bond motifs is 1. The molecule has 1 N–H and O–H groups in total. The van der Waals surface area contributed by atoms with Crippen molar-refractivity contribution in [2.45, 2.75) is 19.4 Å². The van der Waals surface area contributed by atoms with Crippen LogP contribution in [0.5, 0.6) is 0 Å². The molecule has 2 heterocycles. The lowest BCUT2D eigenvalue weighted by molar-refractivity contribution is 0.0886. The third-order valence-corrected chi connectivity index (χ3v) is 6.33. The quantitative estimate of drug-likeness (QED) is 0.849. The van der Waals surface area contributed by atoms with Crippen LogP contribution in [-0.4, -0.2) is 69.1 Å². The van der Waals surface area contributed by atoms with Crippen LogP contribution in [0.15, 0.2) is 42.5 Å². The van der Waals surface area contributed by atoms with E-state index in [9.17, 15) is 4.79 Å². The molecule has 0 aromatic heterocycles. The topological polar surface area (TPSA) is 38.8 Å². The SMILES string of the molecule is Cc1cccc(C(=O)NC[C@@H](c2ccc3c(c2)CCN3C)N2CCN(C)CC2)c1. The summed E-state index contributed by atoms with van der Waals surface area (Å²) in [6, 6.07) is 14.9. The fourth-order valence-electron chi connectivity index (χ4n) is 4.46. The van der Waals surface area contributed by atoms with Crippen LogP contribution in [0.2, 0.25) is 0 Å². The fraction of sp³-hybridized carbons (Fsp3) is 0.458. The maximum atomic E-state index is 12.8. The number of piperazine rings is 1. The lowest BCUT2D eigenvalue weighted by Gasteiger charge is -2.38. The van der Waals surface area contributed by atoms with Gasteiger partial charge in [-0.3, -0.25) is 9.69 Å². The number of rotatable bonds is 5. The van der Waals surface area contributed by atoms with Crippen molar-refractivity contribution in [2.75, 3.05) is 58.3 Å². The smallest absolute Gasteiger partial charge is 0.251 e. The molecule has 0 radical (unpaired) electrons. The van der Waals surface area contributed by atoms with Crippen molar-refractivity contribution in [3.8, 4) is 0 Å². The second-order valence-electron chi connectivity index (χ2n) is 8.49. The van der Waals surface area contributed by atoms with Crippen LogP contribution in [0.3, 0.4) is 0 Å². The Kier molecular flexibility index (Phi) is 5.88. The Morgan fingerprint density at radius 3 is 2.59 bits per heavy atom. The zero-order valence-corrected chi connectivity index (χ0v) is 17.8. The molecular weight excluding hydrogens is 360 g/mol. The van der Waals surface area contributed by atoms with Crippen LogP contribution in [-0.2, 0) is 6.42 Å².